The minimum absolute atomic E-state index is 0.00675. The molecule has 4 aliphatic heterocycles. The lowest BCUT2D eigenvalue weighted by Crippen LogP contribution is -2.55. The second-order valence-corrected chi connectivity index (χ2v) is 23.6. The summed E-state index contributed by atoms with van der Waals surface area (Å²) in [6, 6.07) is 11.6. The summed E-state index contributed by atoms with van der Waals surface area (Å²) in [4.78, 5) is 87.4. The lowest BCUT2D eigenvalue weighted by atomic mass is 9.83. The van der Waals surface area contributed by atoms with E-state index in [2.05, 4.69) is 42.6 Å². The number of anilines is 1. The van der Waals surface area contributed by atoms with Crippen LogP contribution >= 0.6 is 11.6 Å². The van der Waals surface area contributed by atoms with Gasteiger partial charge in [-0.15, -0.1) is 0 Å². The number of carbonyl (C=O) groups is 5. The van der Waals surface area contributed by atoms with Crippen LogP contribution in [0.3, 0.4) is 0 Å². The molecule has 7 aliphatic rings. The average Bonchev–Trinajstić information content (AvgIpc) is 4.31. The predicted octanol–water partition coefficient (Wildman–Crippen LogP) is 5.91. The van der Waals surface area contributed by atoms with Crippen LogP contribution in [0.4, 0.5) is 10.2 Å². The summed E-state index contributed by atoms with van der Waals surface area (Å²) in [5.41, 5.74) is 3.00. The molecule has 1 unspecified atom stereocenters. The van der Waals surface area contributed by atoms with Crippen LogP contribution < -0.4 is 20.9 Å². The molecule has 3 aliphatic carbocycles. The highest BCUT2D eigenvalue weighted by Gasteiger charge is 2.40. The van der Waals surface area contributed by atoms with E-state index in [9.17, 15) is 29.1 Å². The number of aliphatic hydroxyl groups excluding tert-OH is 1. The molecule has 0 bridgehead atoms. The van der Waals surface area contributed by atoms with Crippen molar-refractivity contribution in [2.45, 2.75) is 139 Å². The van der Waals surface area contributed by atoms with E-state index >= 15 is 4.39 Å². The fraction of sp³-hybridized carbons (Fsp3) is 0.644. The van der Waals surface area contributed by atoms with Crippen molar-refractivity contribution in [2.24, 2.45) is 11.8 Å². The van der Waals surface area contributed by atoms with Gasteiger partial charge in [-0.25, -0.2) is 14.4 Å². The van der Waals surface area contributed by atoms with Gasteiger partial charge in [0.15, 0.2) is 0 Å². The van der Waals surface area contributed by atoms with Crippen LogP contribution in [0.15, 0.2) is 48.8 Å². The van der Waals surface area contributed by atoms with E-state index in [1.807, 2.05) is 26.8 Å². The molecule has 4 N–H and O–H groups in total. The number of carbonyl (C=O) groups excluding carboxylic acids is 5. The number of piperidine rings is 3. The Hall–Kier alpha value is -5.27. The Morgan fingerprint density at radius 2 is 1.47 bits per heavy atom. The van der Waals surface area contributed by atoms with Crippen LogP contribution in [0.1, 0.15) is 153 Å². The molecule has 5 heterocycles. The molecular formula is C59H80ClFN10O7. The molecule has 19 heteroatoms. The first-order chi connectivity index (χ1) is 37.9. The maximum atomic E-state index is 16.3. The third-order valence-corrected chi connectivity index (χ3v) is 18.1. The molecule has 2 aromatic carbocycles. The number of nitrogens with zero attached hydrogens (tertiary/aromatic N) is 7. The van der Waals surface area contributed by atoms with E-state index < -0.39 is 29.8 Å². The summed E-state index contributed by atoms with van der Waals surface area (Å²) >= 11 is 6.24. The van der Waals surface area contributed by atoms with Gasteiger partial charge in [0.2, 0.25) is 23.6 Å². The molecule has 78 heavy (non-hydrogen) atoms. The number of piperazine rings is 1. The molecule has 3 aromatic rings. The molecule has 6 fully saturated rings. The van der Waals surface area contributed by atoms with Crippen molar-refractivity contribution in [2.75, 3.05) is 96.5 Å². The Kier molecular flexibility index (Phi) is 18.6. The second-order valence-electron chi connectivity index (χ2n) is 23.2. The highest BCUT2D eigenvalue weighted by atomic mass is 35.5. The molecule has 5 amide bonds. The third-order valence-electron chi connectivity index (χ3n) is 17.8. The van der Waals surface area contributed by atoms with Gasteiger partial charge >= 0.3 is 0 Å². The topological polar surface area (TPSA) is 193 Å². The summed E-state index contributed by atoms with van der Waals surface area (Å²) in [7, 11) is 0. The van der Waals surface area contributed by atoms with E-state index in [0.717, 1.165) is 101 Å². The lowest BCUT2D eigenvalue weighted by Gasteiger charge is -2.39. The molecular weight excluding hydrogens is 1020 g/mol. The molecule has 0 radical (unpaired) electrons. The fourth-order valence-corrected chi connectivity index (χ4v) is 13.3. The summed E-state index contributed by atoms with van der Waals surface area (Å²) < 4.78 is 22.9. The Balaban J connectivity index is 0.637. The largest absolute Gasteiger partial charge is 0.387 e. The highest BCUT2D eigenvalue weighted by Crippen LogP contribution is 2.43. The van der Waals surface area contributed by atoms with E-state index in [1.165, 1.54) is 12.4 Å². The Labute approximate surface area is 463 Å². The number of aromatic nitrogens is 2. The van der Waals surface area contributed by atoms with Crippen molar-refractivity contribution in [3.8, 4) is 0 Å². The lowest BCUT2D eigenvalue weighted by molar-refractivity contribution is -0.139. The Morgan fingerprint density at radius 3 is 2.19 bits per heavy atom. The number of hydrogen-bond acceptors (Lipinski definition) is 12. The molecule has 17 nitrogen and oxygen atoms in total. The van der Waals surface area contributed by atoms with Crippen molar-refractivity contribution < 1.29 is 38.2 Å². The minimum Gasteiger partial charge on any atom is -0.387 e. The van der Waals surface area contributed by atoms with Gasteiger partial charge in [-0.1, -0.05) is 62.1 Å². The van der Waals surface area contributed by atoms with Gasteiger partial charge < -0.3 is 45.4 Å². The zero-order chi connectivity index (χ0) is 54.3. The first-order valence-corrected chi connectivity index (χ1v) is 29.6. The van der Waals surface area contributed by atoms with Crippen molar-refractivity contribution in [1.29, 1.82) is 0 Å². The first kappa shape index (κ1) is 56.0. The van der Waals surface area contributed by atoms with Crippen LogP contribution in [0.2, 0.25) is 5.02 Å². The number of rotatable bonds is 18. The van der Waals surface area contributed by atoms with Crippen molar-refractivity contribution in [1.82, 2.24) is 45.5 Å². The molecule has 1 aromatic heterocycles. The first-order valence-electron chi connectivity index (χ1n) is 29.2. The van der Waals surface area contributed by atoms with Crippen molar-refractivity contribution in [3.63, 3.8) is 0 Å². The molecule has 4 saturated heterocycles. The number of hydrogen-bond donors (Lipinski definition) is 4. The van der Waals surface area contributed by atoms with Gasteiger partial charge in [-0.2, -0.15) is 0 Å². The van der Waals surface area contributed by atoms with Crippen LogP contribution in [0.5, 0.6) is 0 Å². The van der Waals surface area contributed by atoms with Crippen LogP contribution in [-0.4, -0.2) is 174 Å². The van der Waals surface area contributed by atoms with Gasteiger partial charge in [-0.05, 0) is 112 Å². The number of fused-ring (bicyclic) bond motifs is 1. The highest BCUT2D eigenvalue weighted by molar-refractivity contribution is 6.30. The SMILES string of the molecule is C[C@@H]1C[C@@H](O)c2ncnc(N3CCN(C(=O)[C@H](CNCCNC(=O)CN4CCC(OC5CCN(C(=O)[C@H](NC(=O)c6cccc(C7CCCN(C(=O)C8CC8)C7)c6F)C6CCCCC6)CC5)CC4)c4ccc(Cl)cc4)CC3)c21. The molecule has 10 rings (SSSR count). The Morgan fingerprint density at radius 1 is 0.769 bits per heavy atom. The fourth-order valence-electron chi connectivity index (χ4n) is 13.2. The van der Waals surface area contributed by atoms with Crippen molar-refractivity contribution in [3.05, 3.63) is 87.6 Å². The number of benzene rings is 2. The summed E-state index contributed by atoms with van der Waals surface area (Å²) in [6.07, 6.45) is 12.8. The summed E-state index contributed by atoms with van der Waals surface area (Å²) in [5.74, 6) is -0.593. The normalized spacial score (nSPS) is 23.7. The van der Waals surface area contributed by atoms with Gasteiger partial charge in [0.1, 0.15) is 24.0 Å². The van der Waals surface area contributed by atoms with Crippen LogP contribution in [-0.2, 0) is 23.9 Å². The number of nitrogens with one attached hydrogen (secondary N) is 3. The maximum absolute atomic E-state index is 16.3. The quantitative estimate of drug-likeness (QED) is 0.110. The van der Waals surface area contributed by atoms with Gasteiger partial charge in [-0.3, -0.25) is 28.9 Å². The minimum atomic E-state index is -0.737. The predicted molar refractivity (Wildman–Crippen MR) is 295 cm³/mol. The number of aliphatic hydroxyl groups is 1. The van der Waals surface area contributed by atoms with E-state index in [1.54, 1.807) is 24.3 Å². The molecule has 422 valence electrons. The maximum Gasteiger partial charge on any atom is 0.254 e. The number of amides is 5. The van der Waals surface area contributed by atoms with Crippen LogP contribution in [0.25, 0.3) is 0 Å². The van der Waals surface area contributed by atoms with E-state index in [0.29, 0.717) is 114 Å². The number of ether oxygens (including phenoxy) is 1. The van der Waals surface area contributed by atoms with Gasteiger partial charge in [0.25, 0.3) is 5.91 Å². The summed E-state index contributed by atoms with van der Waals surface area (Å²) in [5, 5.41) is 20.6. The monoisotopic (exact) mass is 1090 g/mol. The van der Waals surface area contributed by atoms with Gasteiger partial charge in [0, 0.05) is 108 Å². The number of halogens is 2. The van der Waals surface area contributed by atoms with Gasteiger partial charge in [0.05, 0.1) is 42.0 Å². The summed E-state index contributed by atoms with van der Waals surface area (Å²) in [6.45, 7) is 9.70. The molecule has 5 atom stereocenters. The third kappa shape index (κ3) is 13.5. The van der Waals surface area contributed by atoms with Crippen LogP contribution in [0, 0.1) is 17.7 Å². The molecule has 2 saturated carbocycles. The second kappa shape index (κ2) is 25.9. The molecule has 0 spiro atoms. The zero-order valence-electron chi connectivity index (χ0n) is 45.4. The standard InChI is InChI=1S/C59H80ClFN10O7/c1-38-33-49(72)54-51(38)55(65-37-64-54)68-29-31-70(32-30-68)58(76)48(39-14-16-43(60)17-15-39)34-62-22-23-63-50(73)36-67-25-18-44(19-26-67)78-45-20-27-69(28-21-45)59(77)53(40-7-3-2-4-8-40)66-56(74)47-11-5-10-46(52(47)61)42-9-6-24-71(35-42)57(75)41-12-13-41/h5,10-11,14-17,37-38,40-42,44-45,48-49,53,62,72H,2-4,6-9,12-13,18-36H2,1H3,(H,63,73)(H,66,74)/t38-,42?,48-,49-,53-/m1/s1. The smallest absolute Gasteiger partial charge is 0.254 e. The van der Waals surface area contributed by atoms with E-state index in [4.69, 9.17) is 16.3 Å². The number of likely N-dealkylation sites (tertiary alicyclic amines) is 3. The van der Waals surface area contributed by atoms with E-state index in [-0.39, 0.29) is 65.1 Å². The van der Waals surface area contributed by atoms with Crippen molar-refractivity contribution >= 4 is 47.0 Å². The average molecular weight is 1100 g/mol. The Bertz CT molecular complexity index is 2580. The zero-order valence-corrected chi connectivity index (χ0v) is 46.2.